The molecule has 0 bridgehead atoms. The third-order valence-electron chi connectivity index (χ3n) is 5.96. The van der Waals surface area contributed by atoms with Crippen LogP contribution in [0.25, 0.3) is 0 Å². The van der Waals surface area contributed by atoms with Crippen molar-refractivity contribution in [3.63, 3.8) is 0 Å². The van der Waals surface area contributed by atoms with E-state index in [2.05, 4.69) is 13.8 Å². The van der Waals surface area contributed by atoms with Gasteiger partial charge in [-0.25, -0.2) is 0 Å². The Morgan fingerprint density at radius 3 is 1.36 bits per heavy atom. The molecule has 6 heteroatoms. The second-order valence-electron chi connectivity index (χ2n) is 9.59. The highest BCUT2D eigenvalue weighted by molar-refractivity contribution is 5.41. The van der Waals surface area contributed by atoms with Gasteiger partial charge in [-0.3, -0.25) is 0 Å². The predicted octanol–water partition coefficient (Wildman–Crippen LogP) is 5.79. The van der Waals surface area contributed by atoms with Crippen LogP contribution in [-0.2, 0) is 14.9 Å². The largest absolute Gasteiger partial charge is 0.491 e. The molecule has 2 aromatic carbocycles. The fraction of sp³-hybridized carbons (Fsp3) is 0.394. The van der Waals surface area contributed by atoms with Crippen molar-refractivity contribution in [2.24, 2.45) is 0 Å². The van der Waals surface area contributed by atoms with Gasteiger partial charge in [0.25, 0.3) is 0 Å². The smallest absolute Gasteiger partial charge is 0.119 e. The summed E-state index contributed by atoms with van der Waals surface area (Å²) in [4.78, 5) is 0. The summed E-state index contributed by atoms with van der Waals surface area (Å²) in [6.45, 7) is 9.89. The summed E-state index contributed by atoms with van der Waals surface area (Å²) >= 11 is 0. The number of hydrogen-bond donors (Lipinski definition) is 2. The molecule has 0 saturated carbocycles. The SMILES string of the molecule is C/C=C/C=C/COCC(O)COc1ccc(C(C)(C)c2ccc(OCC(O)COC/C=C/C=C/C)cc2)cc1. The first-order valence-corrected chi connectivity index (χ1v) is 13.4. The highest BCUT2D eigenvalue weighted by Gasteiger charge is 2.23. The first-order chi connectivity index (χ1) is 18.9. The van der Waals surface area contributed by atoms with Crippen LogP contribution in [0.5, 0.6) is 11.5 Å². The summed E-state index contributed by atoms with van der Waals surface area (Å²) in [5.74, 6) is 1.39. The quantitative estimate of drug-likeness (QED) is 0.186. The predicted molar refractivity (Wildman–Crippen MR) is 158 cm³/mol. The van der Waals surface area contributed by atoms with E-state index in [1.54, 1.807) is 0 Å². The minimum Gasteiger partial charge on any atom is -0.491 e. The molecule has 0 aliphatic carbocycles. The molecule has 0 saturated heterocycles. The minimum atomic E-state index is -0.698. The van der Waals surface area contributed by atoms with Gasteiger partial charge in [0.15, 0.2) is 0 Å². The maximum absolute atomic E-state index is 10.1. The molecule has 0 aromatic heterocycles. The number of benzene rings is 2. The van der Waals surface area contributed by atoms with E-state index in [1.807, 2.05) is 111 Å². The van der Waals surface area contributed by atoms with E-state index < -0.39 is 12.2 Å². The van der Waals surface area contributed by atoms with Crippen molar-refractivity contribution in [3.8, 4) is 11.5 Å². The molecule has 0 fully saturated rings. The molecular weight excluding hydrogens is 492 g/mol. The van der Waals surface area contributed by atoms with E-state index in [0.717, 1.165) is 11.1 Å². The Morgan fingerprint density at radius 1 is 0.615 bits per heavy atom. The molecule has 0 aliphatic rings. The molecule has 212 valence electrons. The first kappa shape index (κ1) is 32.1. The second-order valence-corrected chi connectivity index (χ2v) is 9.59. The van der Waals surface area contributed by atoms with Gasteiger partial charge in [0, 0.05) is 5.41 Å². The van der Waals surface area contributed by atoms with Crippen LogP contribution in [0, 0.1) is 0 Å². The van der Waals surface area contributed by atoms with Crippen LogP contribution < -0.4 is 9.47 Å². The van der Waals surface area contributed by atoms with Gasteiger partial charge in [0.05, 0.1) is 26.4 Å². The van der Waals surface area contributed by atoms with Gasteiger partial charge in [0.2, 0.25) is 0 Å². The molecule has 0 spiro atoms. The molecule has 0 amide bonds. The number of allylic oxidation sites excluding steroid dienone is 6. The number of rotatable bonds is 18. The van der Waals surface area contributed by atoms with Crippen LogP contribution in [-0.4, -0.2) is 62.1 Å². The van der Waals surface area contributed by atoms with Gasteiger partial charge in [-0.2, -0.15) is 0 Å². The Morgan fingerprint density at radius 2 is 1.00 bits per heavy atom. The van der Waals surface area contributed by atoms with Crippen molar-refractivity contribution < 1.29 is 29.2 Å². The summed E-state index contributed by atoms with van der Waals surface area (Å²) in [5, 5.41) is 20.2. The summed E-state index contributed by atoms with van der Waals surface area (Å²) in [5.41, 5.74) is 2.03. The molecule has 2 atom stereocenters. The lowest BCUT2D eigenvalue weighted by Crippen LogP contribution is -2.24. The third kappa shape index (κ3) is 12.5. The molecule has 2 unspecified atom stereocenters. The van der Waals surface area contributed by atoms with Crippen molar-refractivity contribution in [3.05, 3.63) is 108 Å². The fourth-order valence-corrected chi connectivity index (χ4v) is 3.62. The lowest BCUT2D eigenvalue weighted by Gasteiger charge is -2.26. The van der Waals surface area contributed by atoms with E-state index in [4.69, 9.17) is 18.9 Å². The number of aliphatic hydroxyl groups is 2. The Balaban J connectivity index is 1.79. The van der Waals surface area contributed by atoms with Crippen LogP contribution in [0.4, 0.5) is 0 Å². The van der Waals surface area contributed by atoms with Crippen molar-refractivity contribution in [1.82, 2.24) is 0 Å². The molecule has 0 aliphatic heterocycles. The standard InChI is InChI=1S/C33H44O6/c1-5-7-9-11-21-36-23-29(34)25-38-31-17-13-27(14-18-31)33(3,4)28-15-19-32(20-16-28)39-26-30(35)24-37-22-12-10-8-6-2/h5-20,29-30,34-35H,21-26H2,1-4H3/b7-5+,8-6+,11-9+,12-10+. The Kier molecular flexibility index (Phi) is 14.9. The van der Waals surface area contributed by atoms with Crippen molar-refractivity contribution >= 4 is 0 Å². The molecule has 0 heterocycles. The Bertz CT molecular complexity index is 951. The zero-order valence-corrected chi connectivity index (χ0v) is 23.7. The maximum Gasteiger partial charge on any atom is 0.119 e. The van der Waals surface area contributed by atoms with Crippen LogP contribution in [0.15, 0.2) is 97.1 Å². The second kappa shape index (κ2) is 18.2. The highest BCUT2D eigenvalue weighted by Crippen LogP contribution is 2.33. The zero-order chi connectivity index (χ0) is 28.3. The fourth-order valence-electron chi connectivity index (χ4n) is 3.62. The van der Waals surface area contributed by atoms with Crippen molar-refractivity contribution in [1.29, 1.82) is 0 Å². The monoisotopic (exact) mass is 536 g/mol. The van der Waals surface area contributed by atoms with Crippen LogP contribution in [0.2, 0.25) is 0 Å². The average molecular weight is 537 g/mol. The highest BCUT2D eigenvalue weighted by atomic mass is 16.5. The number of hydrogen-bond acceptors (Lipinski definition) is 6. The average Bonchev–Trinajstić information content (AvgIpc) is 2.95. The van der Waals surface area contributed by atoms with Crippen molar-refractivity contribution in [2.45, 2.75) is 45.3 Å². The Hall–Kier alpha value is -3.16. The zero-order valence-electron chi connectivity index (χ0n) is 23.7. The van der Waals surface area contributed by atoms with Crippen LogP contribution in [0.1, 0.15) is 38.8 Å². The van der Waals surface area contributed by atoms with Gasteiger partial charge >= 0.3 is 0 Å². The number of ether oxygens (including phenoxy) is 4. The summed E-state index contributed by atoms with van der Waals surface area (Å²) in [6, 6.07) is 15.8. The minimum absolute atomic E-state index is 0.164. The summed E-state index contributed by atoms with van der Waals surface area (Å²) in [7, 11) is 0. The number of aliphatic hydroxyl groups excluding tert-OH is 2. The van der Waals surface area contributed by atoms with Gasteiger partial charge in [-0.15, -0.1) is 0 Å². The van der Waals surface area contributed by atoms with Crippen LogP contribution >= 0.6 is 0 Å². The van der Waals surface area contributed by atoms with Gasteiger partial charge in [0.1, 0.15) is 36.9 Å². The molecule has 6 nitrogen and oxygen atoms in total. The van der Waals surface area contributed by atoms with E-state index in [1.165, 1.54) is 0 Å². The first-order valence-electron chi connectivity index (χ1n) is 13.4. The molecule has 0 radical (unpaired) electrons. The van der Waals surface area contributed by atoms with E-state index in [0.29, 0.717) is 24.7 Å². The molecule has 2 rings (SSSR count). The van der Waals surface area contributed by atoms with Crippen LogP contribution in [0.3, 0.4) is 0 Å². The molecule has 2 aromatic rings. The molecule has 39 heavy (non-hydrogen) atoms. The lowest BCUT2D eigenvalue weighted by atomic mass is 9.78. The van der Waals surface area contributed by atoms with E-state index in [-0.39, 0.29) is 31.8 Å². The van der Waals surface area contributed by atoms with Gasteiger partial charge in [-0.05, 0) is 49.2 Å². The Labute approximate surface area is 233 Å². The third-order valence-corrected chi connectivity index (χ3v) is 5.96. The van der Waals surface area contributed by atoms with E-state index >= 15 is 0 Å². The lowest BCUT2D eigenvalue weighted by molar-refractivity contribution is 0.0213. The summed E-state index contributed by atoms with van der Waals surface area (Å²) in [6.07, 6.45) is 13.9. The molecular formula is C33H44O6. The topological polar surface area (TPSA) is 77.4 Å². The maximum atomic E-state index is 10.1. The van der Waals surface area contributed by atoms with E-state index in [9.17, 15) is 10.2 Å². The normalized spacial score (nSPS) is 14.1. The van der Waals surface area contributed by atoms with Gasteiger partial charge in [-0.1, -0.05) is 86.7 Å². The van der Waals surface area contributed by atoms with Gasteiger partial charge < -0.3 is 29.2 Å². The van der Waals surface area contributed by atoms with Crippen molar-refractivity contribution in [2.75, 3.05) is 39.6 Å². The molecule has 2 N–H and O–H groups in total. The summed E-state index contributed by atoms with van der Waals surface area (Å²) < 4.78 is 22.3.